The molecule has 0 saturated carbocycles. The van der Waals surface area contributed by atoms with Gasteiger partial charge in [-0.1, -0.05) is 12.1 Å². The molecule has 0 spiro atoms. The van der Waals surface area contributed by atoms with Crippen molar-refractivity contribution in [2.75, 3.05) is 23.3 Å². The van der Waals surface area contributed by atoms with Gasteiger partial charge < -0.3 is 20.1 Å². The maximum atomic E-state index is 13.4. The Bertz CT molecular complexity index is 1240. The minimum atomic E-state index is -5.08. The van der Waals surface area contributed by atoms with Crippen molar-refractivity contribution in [1.29, 1.82) is 0 Å². The van der Waals surface area contributed by atoms with Crippen LogP contribution >= 0.6 is 0 Å². The number of halogens is 5. The first kappa shape index (κ1) is 28.5. The predicted molar refractivity (Wildman–Crippen MR) is 129 cm³/mol. The lowest BCUT2D eigenvalue weighted by molar-refractivity contribution is -0.192. The van der Waals surface area contributed by atoms with Crippen LogP contribution in [0.5, 0.6) is 5.75 Å². The number of aliphatic carboxylic acids is 1. The quantitative estimate of drug-likeness (QED) is 0.407. The molecule has 0 amide bonds. The van der Waals surface area contributed by atoms with E-state index in [9.17, 15) is 22.0 Å². The number of carboxylic acid groups (broad SMARTS) is 1. The molecule has 13 heteroatoms. The van der Waals surface area contributed by atoms with E-state index in [4.69, 9.17) is 14.6 Å². The van der Waals surface area contributed by atoms with E-state index in [0.717, 1.165) is 37.1 Å². The van der Waals surface area contributed by atoms with Crippen LogP contribution in [0.1, 0.15) is 36.9 Å². The van der Waals surface area contributed by atoms with Gasteiger partial charge in [0.05, 0.1) is 6.04 Å². The molecule has 0 unspecified atom stereocenters. The fourth-order valence-electron chi connectivity index (χ4n) is 3.81. The zero-order valence-corrected chi connectivity index (χ0v) is 20.5. The Hall–Kier alpha value is -4.03. The fraction of sp³-hybridized carbons (Fsp3) is 0.360. The molecular weight excluding hydrogens is 513 g/mol. The van der Waals surface area contributed by atoms with Crippen molar-refractivity contribution in [3.8, 4) is 5.75 Å². The predicted octanol–water partition coefficient (Wildman–Crippen LogP) is 5.31. The third-order valence-corrected chi connectivity index (χ3v) is 5.67. The normalized spacial score (nSPS) is 14.8. The molecule has 0 radical (unpaired) electrons. The van der Waals surface area contributed by atoms with E-state index in [-0.39, 0.29) is 23.8 Å². The molecule has 1 aliphatic heterocycles. The number of nitrogens with one attached hydrogen (secondary N) is 1. The molecule has 1 saturated heterocycles. The van der Waals surface area contributed by atoms with Crippen LogP contribution in [-0.4, -0.2) is 51.4 Å². The van der Waals surface area contributed by atoms with Crippen LogP contribution < -0.4 is 15.0 Å². The van der Waals surface area contributed by atoms with Gasteiger partial charge in [-0.05, 0) is 49.2 Å². The molecule has 38 heavy (non-hydrogen) atoms. The lowest BCUT2D eigenvalue weighted by atomic mass is 10.0. The van der Waals surface area contributed by atoms with Crippen LogP contribution in [0.3, 0.4) is 0 Å². The SMILES string of the molecule is Cc1cc(F)ccc1[C@@H](C)Nc1ncnc(N2CCC(Oc3cccc(F)c3)CC2)n1.O=C(O)C(F)(F)F. The Morgan fingerprint density at radius 1 is 1.11 bits per heavy atom. The van der Waals surface area contributed by atoms with Gasteiger partial charge in [-0.3, -0.25) is 0 Å². The largest absolute Gasteiger partial charge is 0.490 e. The van der Waals surface area contributed by atoms with Crippen molar-refractivity contribution in [1.82, 2.24) is 15.0 Å². The molecule has 8 nitrogen and oxygen atoms in total. The molecule has 0 bridgehead atoms. The lowest BCUT2D eigenvalue weighted by Gasteiger charge is -2.32. The minimum absolute atomic E-state index is 0.0268. The number of piperidine rings is 1. The first-order chi connectivity index (χ1) is 17.9. The number of nitrogens with zero attached hydrogens (tertiary/aromatic N) is 4. The molecule has 204 valence electrons. The molecule has 2 N–H and O–H groups in total. The summed E-state index contributed by atoms with van der Waals surface area (Å²) in [5.74, 6) is -1.68. The van der Waals surface area contributed by atoms with Gasteiger partial charge in [-0.25, -0.2) is 23.5 Å². The van der Waals surface area contributed by atoms with Crippen LogP contribution in [0.2, 0.25) is 0 Å². The standard InChI is InChI=1S/C23H25F2N5O.C2HF3O2/c1-15-12-18(25)6-7-21(15)16(2)28-22-26-14-27-23(29-22)30-10-8-19(9-11-30)31-20-5-3-4-17(24)13-20;3-2(4,5)1(6)7/h3-7,12-14,16,19H,8-11H2,1-2H3,(H,26,27,28,29);(H,6,7)/t16-;/m1./s1. The van der Waals surface area contributed by atoms with Crippen molar-refractivity contribution >= 4 is 17.9 Å². The molecule has 2 heterocycles. The zero-order chi connectivity index (χ0) is 27.9. The highest BCUT2D eigenvalue weighted by atomic mass is 19.4. The molecule has 2 aromatic carbocycles. The van der Waals surface area contributed by atoms with E-state index in [2.05, 4.69) is 25.2 Å². The Labute approximate surface area is 215 Å². The molecule has 1 fully saturated rings. The molecular formula is C25H26F5N5O3. The second-order valence-electron chi connectivity index (χ2n) is 8.54. The van der Waals surface area contributed by atoms with Crippen LogP contribution in [0, 0.1) is 18.6 Å². The van der Waals surface area contributed by atoms with E-state index in [0.29, 0.717) is 17.6 Å². The summed E-state index contributed by atoms with van der Waals surface area (Å²) in [6, 6.07) is 10.9. The molecule has 1 aromatic heterocycles. The summed E-state index contributed by atoms with van der Waals surface area (Å²) in [7, 11) is 0. The summed E-state index contributed by atoms with van der Waals surface area (Å²) in [5, 5.41) is 10.4. The summed E-state index contributed by atoms with van der Waals surface area (Å²) < 4.78 is 64.4. The van der Waals surface area contributed by atoms with Crippen molar-refractivity contribution in [3.05, 3.63) is 71.6 Å². The molecule has 0 aliphatic carbocycles. The van der Waals surface area contributed by atoms with Crippen LogP contribution in [0.15, 0.2) is 48.8 Å². The Morgan fingerprint density at radius 3 is 2.37 bits per heavy atom. The van der Waals surface area contributed by atoms with Crippen molar-refractivity contribution in [2.24, 2.45) is 0 Å². The number of aryl methyl sites for hydroxylation is 1. The summed E-state index contributed by atoms with van der Waals surface area (Å²) in [6.45, 7) is 5.33. The molecule has 4 rings (SSSR count). The number of aromatic nitrogens is 3. The van der Waals surface area contributed by atoms with Gasteiger partial charge in [-0.15, -0.1) is 0 Å². The Balaban J connectivity index is 0.000000505. The topological polar surface area (TPSA) is 100 Å². The van der Waals surface area contributed by atoms with Gasteiger partial charge in [0.2, 0.25) is 11.9 Å². The number of rotatable bonds is 6. The highest BCUT2D eigenvalue weighted by Gasteiger charge is 2.38. The number of hydrogen-bond donors (Lipinski definition) is 2. The van der Waals surface area contributed by atoms with Crippen molar-refractivity contribution in [3.63, 3.8) is 0 Å². The first-order valence-corrected chi connectivity index (χ1v) is 11.6. The summed E-state index contributed by atoms with van der Waals surface area (Å²) in [6.07, 6.45) is -1.99. The van der Waals surface area contributed by atoms with E-state index in [1.807, 2.05) is 13.8 Å². The van der Waals surface area contributed by atoms with Gasteiger partial charge in [0.15, 0.2) is 0 Å². The second-order valence-corrected chi connectivity index (χ2v) is 8.54. The maximum Gasteiger partial charge on any atom is 0.490 e. The number of benzene rings is 2. The highest BCUT2D eigenvalue weighted by molar-refractivity contribution is 5.73. The number of carbonyl (C=O) groups is 1. The van der Waals surface area contributed by atoms with E-state index < -0.39 is 12.1 Å². The van der Waals surface area contributed by atoms with Gasteiger partial charge in [0.25, 0.3) is 0 Å². The average molecular weight is 540 g/mol. The summed E-state index contributed by atoms with van der Waals surface area (Å²) in [5.41, 5.74) is 1.85. The third kappa shape index (κ3) is 8.25. The fourth-order valence-corrected chi connectivity index (χ4v) is 3.81. The number of hydrogen-bond acceptors (Lipinski definition) is 7. The number of carboxylic acids is 1. The molecule has 1 aliphatic rings. The van der Waals surface area contributed by atoms with E-state index in [1.165, 1.54) is 30.6 Å². The first-order valence-electron chi connectivity index (χ1n) is 11.6. The molecule has 3 aromatic rings. The van der Waals surface area contributed by atoms with Gasteiger partial charge in [0, 0.05) is 32.0 Å². The monoisotopic (exact) mass is 539 g/mol. The average Bonchev–Trinajstić information content (AvgIpc) is 2.84. The summed E-state index contributed by atoms with van der Waals surface area (Å²) in [4.78, 5) is 24.1. The van der Waals surface area contributed by atoms with Gasteiger partial charge in [0.1, 0.15) is 29.8 Å². The smallest absolute Gasteiger partial charge is 0.490 e. The third-order valence-electron chi connectivity index (χ3n) is 5.67. The number of ether oxygens (including phenoxy) is 1. The Kier molecular flexibility index (Phi) is 9.37. The van der Waals surface area contributed by atoms with Crippen LogP contribution in [0.4, 0.5) is 33.8 Å². The Morgan fingerprint density at radius 2 is 1.76 bits per heavy atom. The molecule has 1 atom stereocenters. The number of anilines is 2. The minimum Gasteiger partial charge on any atom is -0.490 e. The van der Waals surface area contributed by atoms with E-state index >= 15 is 0 Å². The maximum absolute atomic E-state index is 13.4. The van der Waals surface area contributed by atoms with Gasteiger partial charge in [-0.2, -0.15) is 18.2 Å². The van der Waals surface area contributed by atoms with Crippen molar-refractivity contribution < 1.29 is 36.6 Å². The zero-order valence-electron chi connectivity index (χ0n) is 20.5. The second kappa shape index (κ2) is 12.5. The van der Waals surface area contributed by atoms with Crippen molar-refractivity contribution in [2.45, 2.75) is 45.0 Å². The lowest BCUT2D eigenvalue weighted by Crippen LogP contribution is -2.39. The van der Waals surface area contributed by atoms with Crippen LogP contribution in [-0.2, 0) is 4.79 Å². The number of alkyl halides is 3. The van der Waals surface area contributed by atoms with Gasteiger partial charge >= 0.3 is 12.1 Å². The van der Waals surface area contributed by atoms with E-state index in [1.54, 1.807) is 18.2 Å². The van der Waals surface area contributed by atoms with Crippen LogP contribution in [0.25, 0.3) is 0 Å². The highest BCUT2D eigenvalue weighted by Crippen LogP contribution is 2.24. The summed E-state index contributed by atoms with van der Waals surface area (Å²) >= 11 is 0.